The molecule has 3 rings (SSSR count). The van der Waals surface area contributed by atoms with Crippen molar-refractivity contribution in [1.82, 2.24) is 9.88 Å². The molecule has 2 aromatic rings. The molecule has 2 heterocycles. The number of hydrogen-bond donors (Lipinski definition) is 2. The van der Waals surface area contributed by atoms with Gasteiger partial charge in [-0.1, -0.05) is 11.6 Å². The molecular weight excluding hydrogens is 419 g/mol. The summed E-state index contributed by atoms with van der Waals surface area (Å²) in [5.74, 6) is 0.289. The highest BCUT2D eigenvalue weighted by Gasteiger charge is 2.31. The van der Waals surface area contributed by atoms with Gasteiger partial charge in [0.25, 0.3) is 0 Å². The van der Waals surface area contributed by atoms with E-state index in [2.05, 4.69) is 25.8 Å². The van der Waals surface area contributed by atoms with Gasteiger partial charge in [-0.25, -0.2) is 4.79 Å². The number of fused-ring (bicyclic) bond motifs is 1. The first-order valence-electron chi connectivity index (χ1n) is 7.26. The van der Waals surface area contributed by atoms with Gasteiger partial charge in [0, 0.05) is 35.4 Å². The van der Waals surface area contributed by atoms with Crippen LogP contribution in [0.5, 0.6) is 0 Å². The highest BCUT2D eigenvalue weighted by molar-refractivity contribution is 9.10. The molecule has 0 unspecified atom stereocenters. The number of nitrogens with zero attached hydrogens (tertiary/aromatic N) is 3. The predicted octanol–water partition coefficient (Wildman–Crippen LogP) is 3.64. The van der Waals surface area contributed by atoms with E-state index in [1.54, 1.807) is 6.20 Å². The number of alkyl halides is 1. The first-order valence-corrected chi connectivity index (χ1v) is 8.96. The van der Waals surface area contributed by atoms with Gasteiger partial charge in [-0.2, -0.15) is 0 Å². The molecule has 1 fully saturated rings. The zero-order valence-corrected chi connectivity index (χ0v) is 15.6. The maximum absolute atomic E-state index is 11.2. The third-order valence-electron chi connectivity index (χ3n) is 4.13. The second-order valence-electron chi connectivity index (χ2n) is 5.58. The normalized spacial score (nSPS) is 18.2. The Morgan fingerprint density at radius 1 is 1.46 bits per heavy atom. The van der Waals surface area contributed by atoms with Gasteiger partial charge in [0.1, 0.15) is 0 Å². The van der Waals surface area contributed by atoms with E-state index >= 15 is 0 Å². The van der Waals surface area contributed by atoms with Gasteiger partial charge < -0.3 is 20.6 Å². The lowest BCUT2D eigenvalue weighted by Crippen LogP contribution is -2.55. The van der Waals surface area contributed by atoms with Gasteiger partial charge >= 0.3 is 6.09 Å². The van der Waals surface area contributed by atoms with Gasteiger partial charge in [0.05, 0.1) is 34.2 Å². The number of pyridine rings is 1. The van der Waals surface area contributed by atoms with Crippen LogP contribution >= 0.6 is 39.1 Å². The molecule has 1 amide bonds. The summed E-state index contributed by atoms with van der Waals surface area (Å²) in [5.41, 5.74) is 8.25. The van der Waals surface area contributed by atoms with Crippen LogP contribution in [0, 0.1) is 0 Å². The lowest BCUT2D eigenvalue weighted by atomic mass is 10.1. The molecule has 128 valence electrons. The predicted molar refractivity (Wildman–Crippen MR) is 100 cm³/mol. The van der Waals surface area contributed by atoms with Crippen LogP contribution in [-0.4, -0.2) is 52.6 Å². The number of piperazine rings is 1. The SMILES string of the molecule is Nc1cnc2cc(Br)c(Cl)cc2c1N1CCN(C(=O)O)C[C@@H]1CCl. The molecule has 3 N–H and O–H groups in total. The summed E-state index contributed by atoms with van der Waals surface area (Å²) in [6.45, 7) is 1.21. The van der Waals surface area contributed by atoms with E-state index < -0.39 is 6.09 Å². The van der Waals surface area contributed by atoms with Crippen LogP contribution in [0.1, 0.15) is 0 Å². The highest BCUT2D eigenvalue weighted by Crippen LogP contribution is 2.37. The largest absolute Gasteiger partial charge is 0.465 e. The number of anilines is 2. The number of nitrogen functional groups attached to an aromatic ring is 1. The van der Waals surface area contributed by atoms with E-state index in [4.69, 9.17) is 28.9 Å². The van der Waals surface area contributed by atoms with Crippen molar-refractivity contribution in [2.45, 2.75) is 6.04 Å². The van der Waals surface area contributed by atoms with Crippen LogP contribution < -0.4 is 10.6 Å². The lowest BCUT2D eigenvalue weighted by molar-refractivity contribution is 0.136. The Morgan fingerprint density at radius 2 is 2.21 bits per heavy atom. The van der Waals surface area contributed by atoms with Crippen molar-refractivity contribution in [3.05, 3.63) is 27.8 Å². The molecule has 1 aliphatic rings. The maximum atomic E-state index is 11.2. The van der Waals surface area contributed by atoms with Crippen molar-refractivity contribution in [2.75, 3.05) is 36.1 Å². The van der Waals surface area contributed by atoms with Crippen LogP contribution in [0.15, 0.2) is 22.8 Å². The Balaban J connectivity index is 2.09. The Hall–Kier alpha value is -1.44. The quantitative estimate of drug-likeness (QED) is 0.706. The number of aromatic nitrogens is 1. The fraction of sp³-hybridized carbons (Fsp3) is 0.333. The standard InChI is InChI=1S/C15H15BrCl2N4O2/c16-10-4-13-9(3-11(10)18)14(12(19)6-20-13)22-2-1-21(15(23)24)7-8(22)5-17/h3-4,6,8H,1-2,5,7,19H2,(H,23,24)/t8-/m0/s1. The van der Waals surface area contributed by atoms with Crippen LogP contribution in [0.3, 0.4) is 0 Å². The molecule has 1 aromatic heterocycles. The first kappa shape index (κ1) is 17.4. The summed E-state index contributed by atoms with van der Waals surface area (Å²) in [6.07, 6.45) is 0.664. The van der Waals surface area contributed by atoms with E-state index in [1.165, 1.54) is 4.90 Å². The van der Waals surface area contributed by atoms with Crippen LogP contribution in [0.4, 0.5) is 16.2 Å². The van der Waals surface area contributed by atoms with Crippen molar-refractivity contribution in [2.24, 2.45) is 0 Å². The van der Waals surface area contributed by atoms with Crippen LogP contribution in [0.2, 0.25) is 5.02 Å². The van der Waals surface area contributed by atoms with E-state index in [9.17, 15) is 9.90 Å². The number of carbonyl (C=O) groups is 1. The summed E-state index contributed by atoms with van der Waals surface area (Å²) in [6, 6.07) is 3.48. The highest BCUT2D eigenvalue weighted by atomic mass is 79.9. The first-order chi connectivity index (χ1) is 11.4. The molecule has 0 radical (unpaired) electrons. The van der Waals surface area contributed by atoms with Gasteiger partial charge in [-0.05, 0) is 28.1 Å². The maximum Gasteiger partial charge on any atom is 0.407 e. The summed E-state index contributed by atoms with van der Waals surface area (Å²) in [5, 5.41) is 10.6. The third-order valence-corrected chi connectivity index (χ3v) is 5.68. The molecule has 1 aromatic carbocycles. The number of halogens is 3. The number of carboxylic acid groups (broad SMARTS) is 1. The molecule has 1 aliphatic heterocycles. The second-order valence-corrected chi connectivity index (χ2v) is 7.15. The summed E-state index contributed by atoms with van der Waals surface area (Å²) in [4.78, 5) is 19.0. The Bertz CT molecular complexity index is 805. The summed E-state index contributed by atoms with van der Waals surface area (Å²) in [7, 11) is 0. The minimum absolute atomic E-state index is 0.174. The van der Waals surface area contributed by atoms with E-state index in [1.807, 2.05) is 12.1 Å². The molecular formula is C15H15BrCl2N4O2. The molecule has 9 heteroatoms. The monoisotopic (exact) mass is 432 g/mol. The van der Waals surface area contributed by atoms with Crippen LogP contribution in [0.25, 0.3) is 10.9 Å². The van der Waals surface area contributed by atoms with Gasteiger partial charge in [-0.15, -0.1) is 11.6 Å². The van der Waals surface area contributed by atoms with Crippen molar-refractivity contribution in [3.63, 3.8) is 0 Å². The van der Waals surface area contributed by atoms with E-state index in [0.29, 0.717) is 30.3 Å². The topological polar surface area (TPSA) is 82.7 Å². The zero-order valence-electron chi connectivity index (χ0n) is 12.5. The van der Waals surface area contributed by atoms with Crippen LogP contribution in [-0.2, 0) is 0 Å². The number of rotatable bonds is 2. The minimum Gasteiger partial charge on any atom is -0.465 e. The Labute approximate surface area is 157 Å². The number of benzene rings is 1. The fourth-order valence-corrected chi connectivity index (χ4v) is 3.72. The zero-order chi connectivity index (χ0) is 17.4. The van der Waals surface area contributed by atoms with Crippen molar-refractivity contribution < 1.29 is 9.90 Å². The molecule has 0 aliphatic carbocycles. The van der Waals surface area contributed by atoms with E-state index in [-0.39, 0.29) is 11.9 Å². The molecule has 6 nitrogen and oxygen atoms in total. The third kappa shape index (κ3) is 3.08. The van der Waals surface area contributed by atoms with Crippen molar-refractivity contribution >= 4 is 67.5 Å². The summed E-state index contributed by atoms with van der Waals surface area (Å²) < 4.78 is 0.754. The fourth-order valence-electron chi connectivity index (χ4n) is 2.96. The van der Waals surface area contributed by atoms with E-state index in [0.717, 1.165) is 21.1 Å². The molecule has 0 bridgehead atoms. The molecule has 1 atom stereocenters. The second kappa shape index (κ2) is 6.82. The van der Waals surface area contributed by atoms with Gasteiger partial charge in [0.2, 0.25) is 0 Å². The Morgan fingerprint density at radius 3 is 2.88 bits per heavy atom. The molecule has 1 saturated heterocycles. The molecule has 24 heavy (non-hydrogen) atoms. The number of nitrogens with two attached hydrogens (primary N) is 1. The summed E-state index contributed by atoms with van der Waals surface area (Å²) >= 11 is 15.7. The van der Waals surface area contributed by atoms with Gasteiger partial charge in [-0.3, -0.25) is 4.98 Å². The smallest absolute Gasteiger partial charge is 0.407 e. The van der Waals surface area contributed by atoms with Crippen molar-refractivity contribution in [1.29, 1.82) is 0 Å². The van der Waals surface area contributed by atoms with Gasteiger partial charge in [0.15, 0.2) is 0 Å². The average Bonchev–Trinajstić information content (AvgIpc) is 2.56. The lowest BCUT2D eigenvalue weighted by Gasteiger charge is -2.41. The number of hydrogen-bond acceptors (Lipinski definition) is 4. The number of amides is 1. The average molecular weight is 434 g/mol. The molecule has 0 saturated carbocycles. The molecule has 0 spiro atoms. The Kier molecular flexibility index (Phi) is 4.94. The van der Waals surface area contributed by atoms with Crippen molar-refractivity contribution in [3.8, 4) is 0 Å². The minimum atomic E-state index is -0.940.